The van der Waals surface area contributed by atoms with E-state index in [2.05, 4.69) is 15.3 Å². The zero-order valence-corrected chi connectivity index (χ0v) is 19.4. The van der Waals surface area contributed by atoms with Crippen molar-refractivity contribution in [1.29, 1.82) is 0 Å². The van der Waals surface area contributed by atoms with Gasteiger partial charge in [-0.3, -0.25) is 9.69 Å². The van der Waals surface area contributed by atoms with E-state index in [9.17, 15) is 18.0 Å². The van der Waals surface area contributed by atoms with E-state index < -0.39 is 16.1 Å². The molecule has 1 aliphatic rings. The molecule has 4 aromatic rings. The number of nitrogens with one attached hydrogen (secondary N) is 3. The molecule has 0 bridgehead atoms. The third-order valence-corrected chi connectivity index (χ3v) is 8.27. The highest BCUT2D eigenvalue weighted by Gasteiger charge is 2.32. The number of carbonyl (C=O) groups is 1. The standard InChI is InChI=1S/C24H25N5O4S/c1-16(23(30)25-20-8-4-6-17-5-2-3-7-19(17)20)28-11-13-29(14-12-28)34(32,33)18-9-10-21-22(15-18)27-24(31)26-21/h2-10,15-16H,11-14H2,1H3,(H,25,30)(H2,26,27,31)/t16-/m1/s1. The van der Waals surface area contributed by atoms with Gasteiger partial charge in [0, 0.05) is 37.3 Å². The molecule has 0 unspecified atom stereocenters. The fourth-order valence-electron chi connectivity index (χ4n) is 4.39. The fraction of sp³-hybridized carbons (Fsp3) is 0.250. The Hall–Kier alpha value is -3.47. The normalized spacial score (nSPS) is 16.6. The Bertz CT molecular complexity index is 1530. The molecule has 1 amide bonds. The number of piperazine rings is 1. The number of aromatic amines is 2. The second-order valence-corrected chi connectivity index (χ2v) is 10.4. The van der Waals surface area contributed by atoms with Crippen molar-refractivity contribution in [3.05, 3.63) is 71.1 Å². The van der Waals surface area contributed by atoms with E-state index in [1.54, 1.807) is 6.07 Å². The molecule has 0 saturated carbocycles. The Morgan fingerprint density at radius 2 is 1.65 bits per heavy atom. The minimum Gasteiger partial charge on any atom is -0.324 e. The number of anilines is 1. The quantitative estimate of drug-likeness (QED) is 0.406. The monoisotopic (exact) mass is 479 g/mol. The first-order valence-corrected chi connectivity index (χ1v) is 12.5. The van der Waals surface area contributed by atoms with Gasteiger partial charge in [-0.05, 0) is 36.6 Å². The van der Waals surface area contributed by atoms with Crippen LogP contribution in [-0.2, 0) is 14.8 Å². The number of nitrogens with zero attached hydrogens (tertiary/aromatic N) is 2. The zero-order valence-electron chi connectivity index (χ0n) is 18.6. The number of aromatic nitrogens is 2. The summed E-state index contributed by atoms with van der Waals surface area (Å²) in [5.74, 6) is -0.130. The number of hydrogen-bond donors (Lipinski definition) is 3. The smallest absolute Gasteiger partial charge is 0.323 e. The Kier molecular flexibility index (Phi) is 5.72. The molecule has 3 aromatic carbocycles. The van der Waals surface area contributed by atoms with Gasteiger partial charge in [0.05, 0.1) is 22.0 Å². The van der Waals surface area contributed by atoms with Crippen LogP contribution < -0.4 is 11.0 Å². The summed E-state index contributed by atoms with van der Waals surface area (Å²) in [5.41, 5.74) is 1.38. The summed E-state index contributed by atoms with van der Waals surface area (Å²) in [4.78, 5) is 31.8. The fourth-order valence-corrected chi connectivity index (χ4v) is 5.84. The van der Waals surface area contributed by atoms with Crippen LogP contribution in [0.15, 0.2) is 70.4 Å². The Labute approximate surface area is 196 Å². The van der Waals surface area contributed by atoms with E-state index in [4.69, 9.17) is 0 Å². The van der Waals surface area contributed by atoms with Crippen molar-refractivity contribution in [1.82, 2.24) is 19.2 Å². The van der Waals surface area contributed by atoms with Crippen LogP contribution in [-0.4, -0.2) is 65.7 Å². The number of amides is 1. The first-order valence-electron chi connectivity index (χ1n) is 11.1. The number of hydrogen-bond acceptors (Lipinski definition) is 5. The van der Waals surface area contributed by atoms with E-state index in [-0.39, 0.29) is 29.6 Å². The molecule has 0 aliphatic carbocycles. The lowest BCUT2D eigenvalue weighted by molar-refractivity contribution is -0.121. The van der Waals surface area contributed by atoms with Gasteiger partial charge in [0.25, 0.3) is 0 Å². The minimum absolute atomic E-state index is 0.130. The third kappa shape index (κ3) is 4.11. The zero-order chi connectivity index (χ0) is 23.9. The van der Waals surface area contributed by atoms with Gasteiger partial charge < -0.3 is 15.3 Å². The van der Waals surface area contributed by atoms with Gasteiger partial charge in [-0.1, -0.05) is 36.4 Å². The largest absolute Gasteiger partial charge is 0.324 e. The lowest BCUT2D eigenvalue weighted by Crippen LogP contribution is -2.53. The second-order valence-electron chi connectivity index (χ2n) is 8.42. The number of imidazole rings is 1. The van der Waals surface area contributed by atoms with E-state index >= 15 is 0 Å². The predicted octanol–water partition coefficient (Wildman–Crippen LogP) is 2.34. The average Bonchev–Trinajstić information content (AvgIpc) is 3.23. The van der Waals surface area contributed by atoms with Gasteiger partial charge in [0.15, 0.2) is 0 Å². The summed E-state index contributed by atoms with van der Waals surface area (Å²) >= 11 is 0. The van der Waals surface area contributed by atoms with E-state index in [0.29, 0.717) is 24.1 Å². The number of benzene rings is 3. The van der Waals surface area contributed by atoms with Crippen molar-refractivity contribution in [2.24, 2.45) is 0 Å². The van der Waals surface area contributed by atoms with Crippen molar-refractivity contribution in [2.75, 3.05) is 31.5 Å². The summed E-state index contributed by atoms with van der Waals surface area (Å²) in [6.45, 7) is 3.26. The summed E-state index contributed by atoms with van der Waals surface area (Å²) in [7, 11) is -3.72. The van der Waals surface area contributed by atoms with Gasteiger partial charge in [-0.15, -0.1) is 0 Å². The lowest BCUT2D eigenvalue weighted by Gasteiger charge is -2.36. The van der Waals surface area contributed by atoms with Crippen LogP contribution in [0.3, 0.4) is 0 Å². The van der Waals surface area contributed by atoms with Crippen LogP contribution in [0.1, 0.15) is 6.92 Å². The predicted molar refractivity (Wildman–Crippen MR) is 131 cm³/mol. The molecule has 10 heteroatoms. The van der Waals surface area contributed by atoms with Crippen molar-refractivity contribution in [2.45, 2.75) is 17.9 Å². The average molecular weight is 480 g/mol. The van der Waals surface area contributed by atoms with Crippen LogP contribution in [0.5, 0.6) is 0 Å². The molecule has 9 nitrogen and oxygen atoms in total. The van der Waals surface area contributed by atoms with E-state index in [1.165, 1.54) is 16.4 Å². The van der Waals surface area contributed by atoms with Crippen LogP contribution in [0.2, 0.25) is 0 Å². The van der Waals surface area contributed by atoms with Crippen LogP contribution >= 0.6 is 0 Å². The van der Waals surface area contributed by atoms with E-state index in [1.807, 2.05) is 54.3 Å². The number of sulfonamides is 1. The maximum absolute atomic E-state index is 13.1. The minimum atomic E-state index is -3.72. The molecule has 1 aromatic heterocycles. The van der Waals surface area contributed by atoms with Gasteiger partial charge in [0.2, 0.25) is 15.9 Å². The lowest BCUT2D eigenvalue weighted by atomic mass is 10.1. The highest BCUT2D eigenvalue weighted by atomic mass is 32.2. The maximum Gasteiger partial charge on any atom is 0.323 e. The maximum atomic E-state index is 13.1. The second kappa shape index (κ2) is 8.71. The van der Waals surface area contributed by atoms with Crippen molar-refractivity contribution >= 4 is 43.4 Å². The summed E-state index contributed by atoms with van der Waals surface area (Å²) in [6, 6.07) is 17.8. The SMILES string of the molecule is C[C@H](C(=O)Nc1cccc2ccccc12)N1CCN(S(=O)(=O)c2ccc3[nH]c(=O)[nH]c3c2)CC1. The van der Waals surface area contributed by atoms with Crippen LogP contribution in [0.4, 0.5) is 5.69 Å². The van der Waals surface area contributed by atoms with Crippen LogP contribution in [0, 0.1) is 0 Å². The molecular formula is C24H25N5O4S. The van der Waals surface area contributed by atoms with Gasteiger partial charge >= 0.3 is 5.69 Å². The molecule has 1 aliphatic heterocycles. The molecule has 176 valence electrons. The molecule has 1 fully saturated rings. The van der Waals surface area contributed by atoms with Gasteiger partial charge in [-0.2, -0.15) is 4.31 Å². The van der Waals surface area contributed by atoms with Gasteiger partial charge in [-0.25, -0.2) is 13.2 Å². The Morgan fingerprint density at radius 3 is 2.44 bits per heavy atom. The number of carbonyl (C=O) groups excluding carboxylic acids is 1. The topological polar surface area (TPSA) is 118 Å². The highest BCUT2D eigenvalue weighted by molar-refractivity contribution is 7.89. The third-order valence-electron chi connectivity index (χ3n) is 6.37. The molecule has 0 radical (unpaired) electrons. The summed E-state index contributed by atoms with van der Waals surface area (Å²) in [5, 5.41) is 5.05. The number of H-pyrrole nitrogens is 2. The molecule has 5 rings (SSSR count). The summed E-state index contributed by atoms with van der Waals surface area (Å²) < 4.78 is 27.7. The molecule has 0 spiro atoms. The van der Waals surface area contributed by atoms with Crippen molar-refractivity contribution in [3.8, 4) is 0 Å². The molecule has 3 N–H and O–H groups in total. The molecule has 1 atom stereocenters. The number of rotatable bonds is 5. The molecule has 34 heavy (non-hydrogen) atoms. The number of fused-ring (bicyclic) bond motifs is 2. The van der Waals surface area contributed by atoms with Crippen molar-refractivity contribution < 1.29 is 13.2 Å². The first kappa shape index (κ1) is 22.3. The van der Waals surface area contributed by atoms with E-state index in [0.717, 1.165) is 16.5 Å². The molecule has 2 heterocycles. The van der Waals surface area contributed by atoms with Crippen molar-refractivity contribution in [3.63, 3.8) is 0 Å². The molecule has 1 saturated heterocycles. The summed E-state index contributed by atoms with van der Waals surface area (Å²) in [6.07, 6.45) is 0. The van der Waals surface area contributed by atoms with Gasteiger partial charge in [0.1, 0.15) is 0 Å². The van der Waals surface area contributed by atoms with Crippen LogP contribution in [0.25, 0.3) is 21.8 Å². The highest BCUT2D eigenvalue weighted by Crippen LogP contribution is 2.24. The molecular weight excluding hydrogens is 454 g/mol. The Morgan fingerprint density at radius 1 is 0.941 bits per heavy atom. The first-order chi connectivity index (χ1) is 16.3. The Balaban J connectivity index is 1.25.